The predicted molar refractivity (Wildman–Crippen MR) is 94.4 cm³/mol. The van der Waals surface area contributed by atoms with E-state index in [9.17, 15) is 9.59 Å². The van der Waals surface area contributed by atoms with E-state index < -0.39 is 5.97 Å². The van der Waals surface area contributed by atoms with E-state index in [0.717, 1.165) is 0 Å². The van der Waals surface area contributed by atoms with Gasteiger partial charge in [0.1, 0.15) is 0 Å². The molecule has 0 saturated heterocycles. The Labute approximate surface area is 154 Å². The Morgan fingerprint density at radius 1 is 1.20 bits per heavy atom. The first-order valence-corrected chi connectivity index (χ1v) is 8.73. The molecule has 0 unspecified atom stereocenters. The minimum Gasteiger partial charge on any atom is -0.481 e. The lowest BCUT2D eigenvalue weighted by atomic mass is 9.86. The molecule has 8 heteroatoms. The van der Waals surface area contributed by atoms with Crippen molar-refractivity contribution < 1.29 is 14.7 Å². The lowest BCUT2D eigenvalue weighted by Gasteiger charge is -2.26. The average molecular weight is 382 g/mol. The van der Waals surface area contributed by atoms with E-state index in [0.29, 0.717) is 47.0 Å². The van der Waals surface area contributed by atoms with Gasteiger partial charge >= 0.3 is 5.97 Å². The fraction of sp³-hybridized carbons (Fsp3) is 0.353. The number of halogens is 2. The van der Waals surface area contributed by atoms with Crippen LogP contribution in [0.1, 0.15) is 36.0 Å². The highest BCUT2D eigenvalue weighted by molar-refractivity contribution is 6.35. The minimum atomic E-state index is -0.758. The predicted octanol–water partition coefficient (Wildman–Crippen LogP) is 3.55. The summed E-state index contributed by atoms with van der Waals surface area (Å²) in [6, 6.07) is 5.03. The SMILES string of the molecule is O=C(NC1CCC(C(=O)O)CC1)c1cnn(-c2ccc(Cl)cc2Cl)c1. The van der Waals surface area contributed by atoms with Gasteiger partial charge in [-0.15, -0.1) is 0 Å². The number of carbonyl (C=O) groups excluding carboxylic acids is 1. The second kappa shape index (κ2) is 7.45. The van der Waals surface area contributed by atoms with Crippen LogP contribution < -0.4 is 5.32 Å². The van der Waals surface area contributed by atoms with Gasteiger partial charge in [-0.3, -0.25) is 9.59 Å². The molecule has 6 nitrogen and oxygen atoms in total. The van der Waals surface area contributed by atoms with Crippen molar-refractivity contribution >= 4 is 35.1 Å². The van der Waals surface area contributed by atoms with Gasteiger partial charge in [0, 0.05) is 17.3 Å². The van der Waals surface area contributed by atoms with Crippen LogP contribution in [0.15, 0.2) is 30.6 Å². The molecule has 3 rings (SSSR count). The van der Waals surface area contributed by atoms with Crippen molar-refractivity contribution in [1.82, 2.24) is 15.1 Å². The number of nitrogens with one attached hydrogen (secondary N) is 1. The first kappa shape index (κ1) is 17.8. The van der Waals surface area contributed by atoms with Gasteiger partial charge in [0.2, 0.25) is 0 Å². The summed E-state index contributed by atoms with van der Waals surface area (Å²) in [7, 11) is 0. The van der Waals surface area contributed by atoms with Gasteiger partial charge in [-0.25, -0.2) is 4.68 Å². The second-order valence-electron chi connectivity index (χ2n) is 6.13. The van der Waals surface area contributed by atoms with Crippen LogP contribution in [0.4, 0.5) is 0 Å². The molecule has 1 saturated carbocycles. The van der Waals surface area contributed by atoms with E-state index in [1.807, 2.05) is 0 Å². The Balaban J connectivity index is 1.64. The number of aromatic nitrogens is 2. The van der Waals surface area contributed by atoms with Crippen molar-refractivity contribution in [2.45, 2.75) is 31.7 Å². The van der Waals surface area contributed by atoms with Crippen LogP contribution in [0.2, 0.25) is 10.0 Å². The van der Waals surface area contributed by atoms with Crippen molar-refractivity contribution in [2.24, 2.45) is 5.92 Å². The number of nitrogens with zero attached hydrogens (tertiary/aromatic N) is 2. The van der Waals surface area contributed by atoms with Crippen molar-refractivity contribution in [3.8, 4) is 5.69 Å². The summed E-state index contributed by atoms with van der Waals surface area (Å²) in [5, 5.41) is 17.1. The van der Waals surface area contributed by atoms with E-state index in [2.05, 4.69) is 10.4 Å². The maximum Gasteiger partial charge on any atom is 0.306 e. The summed E-state index contributed by atoms with van der Waals surface area (Å²) in [6.07, 6.45) is 5.58. The molecular formula is C17H17Cl2N3O3. The van der Waals surface area contributed by atoms with Crippen LogP contribution in [0.25, 0.3) is 5.69 Å². The largest absolute Gasteiger partial charge is 0.481 e. The fourth-order valence-corrected chi connectivity index (χ4v) is 3.49. The molecule has 1 aliphatic rings. The number of hydrogen-bond acceptors (Lipinski definition) is 3. The summed E-state index contributed by atoms with van der Waals surface area (Å²) in [5.74, 6) is -1.29. The number of carbonyl (C=O) groups is 2. The zero-order valence-electron chi connectivity index (χ0n) is 13.3. The minimum absolute atomic E-state index is 0.00873. The van der Waals surface area contributed by atoms with Gasteiger partial charge < -0.3 is 10.4 Å². The summed E-state index contributed by atoms with van der Waals surface area (Å²) < 4.78 is 1.52. The Morgan fingerprint density at radius 2 is 1.92 bits per heavy atom. The number of benzene rings is 1. The number of rotatable bonds is 4. The van der Waals surface area contributed by atoms with Gasteiger partial charge in [-0.05, 0) is 43.9 Å². The lowest BCUT2D eigenvalue weighted by Crippen LogP contribution is -2.38. The number of aliphatic carboxylic acids is 1. The maximum absolute atomic E-state index is 12.4. The molecule has 0 aliphatic heterocycles. The third kappa shape index (κ3) is 4.14. The second-order valence-corrected chi connectivity index (χ2v) is 6.97. The van der Waals surface area contributed by atoms with Gasteiger partial charge in [0.25, 0.3) is 5.91 Å². The monoisotopic (exact) mass is 381 g/mol. The molecule has 0 bridgehead atoms. The van der Waals surface area contributed by atoms with Crippen molar-refractivity contribution in [3.63, 3.8) is 0 Å². The molecule has 1 aromatic carbocycles. The molecule has 25 heavy (non-hydrogen) atoms. The molecule has 2 N–H and O–H groups in total. The van der Waals surface area contributed by atoms with E-state index in [1.165, 1.54) is 10.9 Å². The third-order valence-corrected chi connectivity index (χ3v) is 4.95. The van der Waals surface area contributed by atoms with Crippen molar-refractivity contribution in [1.29, 1.82) is 0 Å². The van der Waals surface area contributed by atoms with Gasteiger partial charge in [0.15, 0.2) is 0 Å². The topological polar surface area (TPSA) is 84.2 Å². The first-order valence-electron chi connectivity index (χ1n) is 7.98. The Bertz CT molecular complexity index is 798. The highest BCUT2D eigenvalue weighted by Crippen LogP contribution is 2.26. The summed E-state index contributed by atoms with van der Waals surface area (Å²) in [4.78, 5) is 23.4. The van der Waals surface area contributed by atoms with Crippen molar-refractivity contribution in [3.05, 3.63) is 46.2 Å². The Kier molecular flexibility index (Phi) is 5.30. The van der Waals surface area contributed by atoms with Crippen LogP contribution in [0.5, 0.6) is 0 Å². The highest BCUT2D eigenvalue weighted by atomic mass is 35.5. The Morgan fingerprint density at radius 3 is 2.56 bits per heavy atom. The number of carboxylic acids is 1. The van der Waals surface area contributed by atoms with E-state index in [4.69, 9.17) is 28.3 Å². The highest BCUT2D eigenvalue weighted by Gasteiger charge is 2.27. The summed E-state index contributed by atoms with van der Waals surface area (Å²) >= 11 is 12.0. The van der Waals surface area contributed by atoms with Crippen LogP contribution in [-0.4, -0.2) is 32.8 Å². The zero-order valence-corrected chi connectivity index (χ0v) is 14.8. The van der Waals surface area contributed by atoms with E-state index in [-0.39, 0.29) is 17.9 Å². The molecule has 0 atom stereocenters. The maximum atomic E-state index is 12.4. The lowest BCUT2D eigenvalue weighted by molar-refractivity contribution is -0.142. The zero-order chi connectivity index (χ0) is 18.0. The molecule has 0 spiro atoms. The molecule has 2 aromatic rings. The van der Waals surface area contributed by atoms with Gasteiger partial charge in [0.05, 0.1) is 28.4 Å². The normalized spacial score (nSPS) is 20.2. The average Bonchev–Trinajstić information content (AvgIpc) is 3.05. The van der Waals surface area contributed by atoms with Crippen LogP contribution in [0, 0.1) is 5.92 Å². The van der Waals surface area contributed by atoms with E-state index >= 15 is 0 Å². The first-order chi connectivity index (χ1) is 11.9. The molecule has 132 valence electrons. The number of carboxylic acid groups (broad SMARTS) is 1. The smallest absolute Gasteiger partial charge is 0.306 e. The van der Waals surface area contributed by atoms with Crippen LogP contribution in [-0.2, 0) is 4.79 Å². The quantitative estimate of drug-likeness (QED) is 0.847. The standard InChI is InChI=1S/C17H17Cl2N3O3/c18-12-3-6-15(14(19)7-12)22-9-11(8-20-22)16(23)21-13-4-1-10(2-5-13)17(24)25/h3,6-10,13H,1-2,4-5H2,(H,21,23)(H,24,25). The van der Waals surface area contributed by atoms with Gasteiger partial charge in [-0.1, -0.05) is 23.2 Å². The van der Waals surface area contributed by atoms with E-state index in [1.54, 1.807) is 24.4 Å². The van der Waals surface area contributed by atoms with Crippen LogP contribution in [0.3, 0.4) is 0 Å². The molecule has 1 fully saturated rings. The molecule has 1 amide bonds. The summed E-state index contributed by atoms with van der Waals surface area (Å²) in [6.45, 7) is 0. The Hall–Kier alpha value is -2.05. The molecule has 1 heterocycles. The molecule has 1 aliphatic carbocycles. The van der Waals surface area contributed by atoms with Crippen LogP contribution >= 0.6 is 23.2 Å². The summed E-state index contributed by atoms with van der Waals surface area (Å²) in [5.41, 5.74) is 1.05. The van der Waals surface area contributed by atoms with Crippen molar-refractivity contribution in [2.75, 3.05) is 0 Å². The molecule has 1 aromatic heterocycles. The molecule has 0 radical (unpaired) electrons. The van der Waals surface area contributed by atoms with Gasteiger partial charge in [-0.2, -0.15) is 5.10 Å². The fourth-order valence-electron chi connectivity index (χ4n) is 2.99. The number of hydrogen-bond donors (Lipinski definition) is 2. The third-order valence-electron chi connectivity index (χ3n) is 4.41. The number of amides is 1. The molecular weight excluding hydrogens is 365 g/mol.